The molecule has 3 nitrogen and oxygen atoms in total. The van der Waals surface area contributed by atoms with Crippen LogP contribution in [0.2, 0.25) is 0 Å². The average molecular weight is 377 g/mol. The van der Waals surface area contributed by atoms with Crippen molar-refractivity contribution in [2.24, 2.45) is 23.5 Å². The van der Waals surface area contributed by atoms with Gasteiger partial charge in [0.15, 0.2) is 0 Å². The molecule has 0 spiro atoms. The highest BCUT2D eigenvalue weighted by Crippen LogP contribution is 2.31. The van der Waals surface area contributed by atoms with Crippen LogP contribution in [0.1, 0.15) is 110 Å². The standard InChI is InChI=1S/C24H44N2O/c1-2-12-20(19-21-14-7-5-8-15-21)13-6-3-4-9-16-22-17-10-11-18-23(22)26-24(25)27/h7,14,20-23H,2-6,8-13,15-19H2,1H3,(H3,25,26,27). The summed E-state index contributed by atoms with van der Waals surface area (Å²) in [5.41, 5.74) is 5.35. The molecule has 2 amide bonds. The van der Waals surface area contributed by atoms with E-state index in [9.17, 15) is 4.79 Å². The molecule has 0 bridgehead atoms. The Hall–Kier alpha value is -0.990. The van der Waals surface area contributed by atoms with Crippen LogP contribution >= 0.6 is 0 Å². The fraction of sp³-hybridized carbons (Fsp3) is 0.875. The molecule has 0 saturated heterocycles. The van der Waals surface area contributed by atoms with E-state index < -0.39 is 0 Å². The Labute approximate surface area is 167 Å². The van der Waals surface area contributed by atoms with Crippen LogP contribution in [-0.4, -0.2) is 12.1 Å². The van der Waals surface area contributed by atoms with Crippen LogP contribution in [0.5, 0.6) is 0 Å². The molecule has 2 aliphatic rings. The number of allylic oxidation sites excluding steroid dienone is 2. The Morgan fingerprint density at radius 3 is 2.63 bits per heavy atom. The maximum absolute atomic E-state index is 11.2. The van der Waals surface area contributed by atoms with Gasteiger partial charge < -0.3 is 11.1 Å². The topological polar surface area (TPSA) is 55.1 Å². The van der Waals surface area contributed by atoms with Crippen LogP contribution < -0.4 is 11.1 Å². The second kappa shape index (κ2) is 13.2. The smallest absolute Gasteiger partial charge is 0.312 e. The van der Waals surface area contributed by atoms with Gasteiger partial charge in [-0.25, -0.2) is 4.79 Å². The van der Waals surface area contributed by atoms with E-state index >= 15 is 0 Å². The van der Waals surface area contributed by atoms with Crippen molar-refractivity contribution < 1.29 is 4.79 Å². The predicted molar refractivity (Wildman–Crippen MR) is 116 cm³/mol. The normalized spacial score (nSPS) is 26.6. The third-order valence-corrected chi connectivity index (χ3v) is 6.86. The van der Waals surface area contributed by atoms with Gasteiger partial charge in [-0.1, -0.05) is 76.9 Å². The Balaban J connectivity index is 1.58. The largest absolute Gasteiger partial charge is 0.352 e. The van der Waals surface area contributed by atoms with Gasteiger partial charge in [0.1, 0.15) is 0 Å². The third-order valence-electron chi connectivity index (χ3n) is 6.86. The lowest BCUT2D eigenvalue weighted by Gasteiger charge is -2.31. The Bertz CT molecular complexity index is 434. The summed E-state index contributed by atoms with van der Waals surface area (Å²) in [6.45, 7) is 2.34. The van der Waals surface area contributed by atoms with E-state index in [-0.39, 0.29) is 6.03 Å². The number of carbonyl (C=O) groups is 1. The van der Waals surface area contributed by atoms with Gasteiger partial charge in [-0.05, 0) is 62.7 Å². The first-order valence-electron chi connectivity index (χ1n) is 11.9. The molecular weight excluding hydrogens is 332 g/mol. The molecule has 4 atom stereocenters. The van der Waals surface area contributed by atoms with Crippen LogP contribution in [0, 0.1) is 17.8 Å². The molecule has 3 heteroatoms. The summed E-state index contributed by atoms with van der Waals surface area (Å²) in [6.07, 6.45) is 26.2. The van der Waals surface area contributed by atoms with Crippen LogP contribution in [0.25, 0.3) is 0 Å². The van der Waals surface area contributed by atoms with Crippen LogP contribution in [-0.2, 0) is 0 Å². The van der Waals surface area contributed by atoms with E-state index in [4.69, 9.17) is 5.73 Å². The molecule has 0 aliphatic heterocycles. The number of amides is 2. The molecule has 0 heterocycles. The molecule has 0 aromatic heterocycles. The number of unbranched alkanes of at least 4 members (excludes halogenated alkanes) is 3. The summed E-state index contributed by atoms with van der Waals surface area (Å²) in [6, 6.07) is -0.0181. The van der Waals surface area contributed by atoms with Gasteiger partial charge in [-0.2, -0.15) is 0 Å². The molecule has 3 N–H and O–H groups in total. The van der Waals surface area contributed by atoms with Crippen molar-refractivity contribution in [1.82, 2.24) is 5.32 Å². The van der Waals surface area contributed by atoms with Gasteiger partial charge in [-0.3, -0.25) is 0 Å². The van der Waals surface area contributed by atoms with Gasteiger partial charge >= 0.3 is 6.03 Å². The van der Waals surface area contributed by atoms with Gasteiger partial charge in [-0.15, -0.1) is 0 Å². The van der Waals surface area contributed by atoms with Crippen molar-refractivity contribution in [3.05, 3.63) is 12.2 Å². The van der Waals surface area contributed by atoms with Gasteiger partial charge in [0.2, 0.25) is 0 Å². The summed E-state index contributed by atoms with van der Waals surface area (Å²) >= 11 is 0. The number of primary amides is 1. The lowest BCUT2D eigenvalue weighted by molar-refractivity contribution is 0.218. The fourth-order valence-corrected chi connectivity index (χ4v) is 5.41. The Morgan fingerprint density at radius 2 is 1.89 bits per heavy atom. The summed E-state index contributed by atoms with van der Waals surface area (Å²) in [7, 11) is 0. The molecule has 2 aliphatic carbocycles. The van der Waals surface area contributed by atoms with E-state index in [2.05, 4.69) is 24.4 Å². The minimum absolute atomic E-state index is 0.328. The molecule has 156 valence electrons. The minimum Gasteiger partial charge on any atom is -0.352 e. The number of rotatable bonds is 12. The predicted octanol–water partition coefficient (Wildman–Crippen LogP) is 6.72. The molecule has 4 unspecified atom stereocenters. The first kappa shape index (κ1) is 22.3. The van der Waals surface area contributed by atoms with Gasteiger partial charge in [0, 0.05) is 6.04 Å². The molecule has 0 aromatic rings. The van der Waals surface area contributed by atoms with Gasteiger partial charge in [0.25, 0.3) is 0 Å². The fourth-order valence-electron chi connectivity index (χ4n) is 5.41. The second-order valence-corrected chi connectivity index (χ2v) is 9.16. The minimum atomic E-state index is -0.346. The second-order valence-electron chi connectivity index (χ2n) is 9.16. The van der Waals surface area contributed by atoms with Crippen LogP contribution in [0.4, 0.5) is 4.79 Å². The van der Waals surface area contributed by atoms with Crippen molar-refractivity contribution in [2.45, 2.75) is 116 Å². The molecule has 2 rings (SSSR count). The first-order valence-corrected chi connectivity index (χ1v) is 11.9. The number of nitrogens with two attached hydrogens (primary N) is 1. The van der Waals surface area contributed by atoms with Crippen molar-refractivity contribution in [2.75, 3.05) is 0 Å². The first-order chi connectivity index (χ1) is 13.2. The van der Waals surface area contributed by atoms with Crippen molar-refractivity contribution >= 4 is 6.03 Å². The number of hydrogen-bond acceptors (Lipinski definition) is 1. The summed E-state index contributed by atoms with van der Waals surface area (Å²) in [5, 5.41) is 2.98. The highest BCUT2D eigenvalue weighted by Gasteiger charge is 2.25. The van der Waals surface area contributed by atoms with E-state index in [1.807, 2.05) is 0 Å². The Morgan fingerprint density at radius 1 is 1.07 bits per heavy atom. The van der Waals surface area contributed by atoms with E-state index in [0.29, 0.717) is 12.0 Å². The number of nitrogens with one attached hydrogen (secondary N) is 1. The number of carbonyl (C=O) groups excluding carboxylic acids is 1. The zero-order chi connectivity index (χ0) is 19.3. The SMILES string of the molecule is CCCC(CCCCCCC1CCCCC1NC(N)=O)CC1C=CCCC1. The highest BCUT2D eigenvalue weighted by atomic mass is 16.2. The monoisotopic (exact) mass is 376 g/mol. The van der Waals surface area contributed by atoms with Crippen molar-refractivity contribution in [3.8, 4) is 0 Å². The molecule has 0 aromatic carbocycles. The lowest BCUT2D eigenvalue weighted by Crippen LogP contribution is -2.44. The quantitative estimate of drug-likeness (QED) is 0.288. The molecule has 27 heavy (non-hydrogen) atoms. The van der Waals surface area contributed by atoms with Gasteiger partial charge in [0.05, 0.1) is 0 Å². The summed E-state index contributed by atoms with van der Waals surface area (Å²) < 4.78 is 0. The number of hydrogen-bond donors (Lipinski definition) is 2. The van der Waals surface area contributed by atoms with E-state index in [0.717, 1.165) is 18.3 Å². The Kier molecular flexibility index (Phi) is 10.9. The zero-order valence-corrected chi connectivity index (χ0v) is 17.8. The summed E-state index contributed by atoms with van der Waals surface area (Å²) in [5.74, 6) is 2.44. The molecule has 1 saturated carbocycles. The lowest BCUT2D eigenvalue weighted by atomic mass is 9.81. The highest BCUT2D eigenvalue weighted by molar-refractivity contribution is 5.72. The molecule has 1 fully saturated rings. The number of urea groups is 1. The van der Waals surface area contributed by atoms with Crippen LogP contribution in [0.15, 0.2) is 12.2 Å². The maximum Gasteiger partial charge on any atom is 0.312 e. The van der Waals surface area contributed by atoms with Crippen molar-refractivity contribution in [1.29, 1.82) is 0 Å². The van der Waals surface area contributed by atoms with E-state index in [1.165, 1.54) is 96.3 Å². The molecule has 0 radical (unpaired) electrons. The van der Waals surface area contributed by atoms with Crippen LogP contribution in [0.3, 0.4) is 0 Å². The summed E-state index contributed by atoms with van der Waals surface area (Å²) in [4.78, 5) is 11.2. The third kappa shape index (κ3) is 9.17. The van der Waals surface area contributed by atoms with E-state index in [1.54, 1.807) is 0 Å². The maximum atomic E-state index is 11.2. The van der Waals surface area contributed by atoms with Crippen molar-refractivity contribution in [3.63, 3.8) is 0 Å². The average Bonchev–Trinajstić information content (AvgIpc) is 2.66. The molecular formula is C24H44N2O. The zero-order valence-electron chi connectivity index (χ0n) is 17.8.